The van der Waals surface area contributed by atoms with Crippen molar-refractivity contribution in [1.82, 2.24) is 4.31 Å². The summed E-state index contributed by atoms with van der Waals surface area (Å²) in [5.41, 5.74) is -0.437. The van der Waals surface area contributed by atoms with Gasteiger partial charge >= 0.3 is 12.1 Å². The van der Waals surface area contributed by atoms with Gasteiger partial charge in [0.25, 0.3) is 0 Å². The molecule has 1 atom stereocenters. The minimum absolute atomic E-state index is 0.0811. The maximum atomic E-state index is 12.7. The van der Waals surface area contributed by atoms with Gasteiger partial charge in [0.2, 0.25) is 10.0 Å². The highest BCUT2D eigenvalue weighted by Gasteiger charge is 2.53. The molecule has 1 aromatic carbocycles. The van der Waals surface area contributed by atoms with Crippen LogP contribution in [0, 0.1) is 0 Å². The number of methoxy groups -OCH3 is 1. The van der Waals surface area contributed by atoms with E-state index in [1.165, 1.54) is 7.11 Å². The molecular weight excluding hydrogens is 327 g/mol. The fourth-order valence-corrected chi connectivity index (χ4v) is 3.81. The zero-order valence-electron chi connectivity index (χ0n) is 11.3. The third-order valence-electron chi connectivity index (χ3n) is 3.36. The molecular formula is C12H12F3NO5S. The van der Waals surface area contributed by atoms with E-state index in [0.29, 0.717) is 4.31 Å². The van der Waals surface area contributed by atoms with Crippen molar-refractivity contribution in [3.63, 3.8) is 0 Å². The summed E-state index contributed by atoms with van der Waals surface area (Å²) in [6.45, 7) is -0.263. The van der Waals surface area contributed by atoms with Crippen LogP contribution in [0.3, 0.4) is 0 Å². The van der Waals surface area contributed by atoms with Crippen molar-refractivity contribution < 1.29 is 36.2 Å². The fraction of sp³-hybridized carbons (Fsp3) is 0.417. The molecule has 10 heteroatoms. The summed E-state index contributed by atoms with van der Waals surface area (Å²) in [6, 6.07) is 0.834. The van der Waals surface area contributed by atoms with E-state index in [2.05, 4.69) is 0 Å². The number of halogens is 3. The van der Waals surface area contributed by atoms with Crippen LogP contribution in [0.2, 0.25) is 0 Å². The Hall–Kier alpha value is -1.81. The Balaban J connectivity index is 2.43. The zero-order chi connectivity index (χ0) is 16.7. The molecule has 122 valence electrons. The van der Waals surface area contributed by atoms with Gasteiger partial charge in [0.15, 0.2) is 0 Å². The Morgan fingerprint density at radius 2 is 2.05 bits per heavy atom. The smallest absolute Gasteiger partial charge is 0.405 e. The van der Waals surface area contributed by atoms with Crippen LogP contribution >= 0.6 is 0 Å². The summed E-state index contributed by atoms with van der Waals surface area (Å²) in [5, 5.41) is 9.01. The number of alkyl halides is 3. The van der Waals surface area contributed by atoms with Crippen molar-refractivity contribution in [1.29, 1.82) is 0 Å². The lowest BCUT2D eigenvalue weighted by molar-refractivity contribution is -0.192. The largest absolute Gasteiger partial charge is 0.496 e. The summed E-state index contributed by atoms with van der Waals surface area (Å²) in [5.74, 6) is -1.52. The quantitative estimate of drug-likeness (QED) is 0.903. The monoisotopic (exact) mass is 339 g/mol. The first-order valence-electron chi connectivity index (χ1n) is 6.09. The van der Waals surface area contributed by atoms with Crippen molar-refractivity contribution in [3.05, 3.63) is 23.8 Å². The highest BCUT2D eigenvalue weighted by Crippen LogP contribution is 2.38. The number of carbonyl (C=O) groups is 1. The second-order valence-corrected chi connectivity index (χ2v) is 6.52. The number of aromatic carboxylic acids is 1. The summed E-state index contributed by atoms with van der Waals surface area (Å²) in [6.07, 6.45) is -4.97. The summed E-state index contributed by atoms with van der Waals surface area (Å²) < 4.78 is 67.7. The normalized spacial score (nSPS) is 19.5. The summed E-state index contributed by atoms with van der Waals surface area (Å²) >= 11 is 0. The second-order valence-electron chi connectivity index (χ2n) is 4.63. The Morgan fingerprint density at radius 3 is 2.45 bits per heavy atom. The summed E-state index contributed by atoms with van der Waals surface area (Å²) in [4.78, 5) is 10.6. The Bertz CT molecular complexity index is 701. The van der Waals surface area contributed by atoms with E-state index in [-0.39, 0.29) is 18.7 Å². The van der Waals surface area contributed by atoms with Crippen molar-refractivity contribution in [2.24, 2.45) is 0 Å². The lowest BCUT2D eigenvalue weighted by Crippen LogP contribution is -2.57. The van der Waals surface area contributed by atoms with Gasteiger partial charge in [0, 0.05) is 6.54 Å². The predicted octanol–water partition coefficient (Wildman–Crippen LogP) is 1.72. The Labute approximate surface area is 124 Å². The van der Waals surface area contributed by atoms with Crippen LogP contribution in [0.15, 0.2) is 23.1 Å². The van der Waals surface area contributed by atoms with Crippen LogP contribution in [-0.2, 0) is 10.0 Å². The molecule has 0 aliphatic carbocycles. The molecule has 6 nitrogen and oxygen atoms in total. The fourth-order valence-electron chi connectivity index (χ4n) is 2.13. The molecule has 0 saturated carbocycles. The van der Waals surface area contributed by atoms with Gasteiger partial charge in [-0.1, -0.05) is 0 Å². The lowest BCUT2D eigenvalue weighted by Gasteiger charge is -2.40. The number of carboxylic acid groups (broad SMARTS) is 1. The number of ether oxygens (including phenoxy) is 1. The number of nitrogens with zero attached hydrogens (tertiary/aromatic N) is 1. The molecule has 1 saturated heterocycles. The molecule has 0 bridgehead atoms. The van der Waals surface area contributed by atoms with Crippen LogP contribution in [0.5, 0.6) is 5.75 Å². The second kappa shape index (κ2) is 5.43. The molecule has 2 rings (SSSR count). The minimum Gasteiger partial charge on any atom is -0.496 e. The Morgan fingerprint density at radius 1 is 1.41 bits per heavy atom. The third-order valence-corrected chi connectivity index (χ3v) is 5.26. The van der Waals surface area contributed by atoms with Crippen LogP contribution in [0.25, 0.3) is 0 Å². The molecule has 1 heterocycles. The Kier molecular flexibility index (Phi) is 4.09. The van der Waals surface area contributed by atoms with E-state index in [1.54, 1.807) is 0 Å². The van der Waals surface area contributed by atoms with Crippen molar-refractivity contribution in [3.8, 4) is 5.75 Å². The number of hydrogen-bond acceptors (Lipinski definition) is 4. The summed E-state index contributed by atoms with van der Waals surface area (Å²) in [7, 11) is -3.22. The molecule has 1 unspecified atom stereocenters. The molecule has 1 aliphatic heterocycles. The number of rotatable bonds is 4. The van der Waals surface area contributed by atoms with E-state index in [1.807, 2.05) is 0 Å². The zero-order valence-corrected chi connectivity index (χ0v) is 12.1. The van der Waals surface area contributed by atoms with Crippen molar-refractivity contribution in [2.45, 2.75) is 23.5 Å². The number of hydrogen-bond donors (Lipinski definition) is 1. The van der Waals surface area contributed by atoms with Gasteiger partial charge in [0.05, 0.1) is 12.0 Å². The molecule has 22 heavy (non-hydrogen) atoms. The highest BCUT2D eigenvalue weighted by molar-refractivity contribution is 7.89. The maximum Gasteiger partial charge on any atom is 0.405 e. The highest BCUT2D eigenvalue weighted by atomic mass is 32.2. The van der Waals surface area contributed by atoms with Crippen LogP contribution in [-0.4, -0.2) is 49.7 Å². The molecule has 1 aromatic rings. The predicted molar refractivity (Wildman–Crippen MR) is 68.3 cm³/mol. The van der Waals surface area contributed by atoms with Crippen LogP contribution in [0.4, 0.5) is 13.2 Å². The number of sulfonamides is 1. The van der Waals surface area contributed by atoms with Gasteiger partial charge in [0.1, 0.15) is 17.4 Å². The number of carboxylic acids is 1. The van der Waals surface area contributed by atoms with E-state index in [4.69, 9.17) is 9.84 Å². The van der Waals surface area contributed by atoms with Gasteiger partial charge in [-0.3, -0.25) is 0 Å². The minimum atomic E-state index is -4.66. The van der Waals surface area contributed by atoms with E-state index in [0.717, 1.165) is 18.2 Å². The lowest BCUT2D eigenvalue weighted by atomic mass is 10.1. The van der Waals surface area contributed by atoms with E-state index >= 15 is 0 Å². The van der Waals surface area contributed by atoms with Crippen molar-refractivity contribution in [2.75, 3.05) is 13.7 Å². The first-order valence-corrected chi connectivity index (χ1v) is 7.53. The average molecular weight is 339 g/mol. The molecule has 0 amide bonds. The van der Waals surface area contributed by atoms with E-state index < -0.39 is 38.7 Å². The molecule has 1 N–H and O–H groups in total. The molecule has 1 fully saturated rings. The SMILES string of the molecule is COc1ccc(S(=O)(=O)N2CCC2C(F)(F)F)cc1C(=O)O. The van der Waals surface area contributed by atoms with Gasteiger partial charge in [-0.2, -0.15) is 17.5 Å². The molecule has 0 radical (unpaired) electrons. The van der Waals surface area contributed by atoms with Gasteiger partial charge < -0.3 is 9.84 Å². The third kappa shape index (κ3) is 2.75. The van der Waals surface area contributed by atoms with Crippen LogP contribution < -0.4 is 4.74 Å². The van der Waals surface area contributed by atoms with Gasteiger partial charge in [-0.25, -0.2) is 13.2 Å². The average Bonchev–Trinajstić information content (AvgIpc) is 2.33. The maximum absolute atomic E-state index is 12.7. The van der Waals surface area contributed by atoms with Crippen LogP contribution in [0.1, 0.15) is 16.8 Å². The topological polar surface area (TPSA) is 83.9 Å². The standard InChI is InChI=1S/C12H12F3NO5S/c1-21-9-3-2-7(6-8(9)11(17)18)22(19,20)16-5-4-10(16)12(13,14)15/h2-3,6,10H,4-5H2,1H3,(H,17,18). The van der Waals surface area contributed by atoms with Crippen molar-refractivity contribution >= 4 is 16.0 Å². The van der Waals surface area contributed by atoms with Gasteiger partial charge in [-0.15, -0.1) is 0 Å². The van der Waals surface area contributed by atoms with E-state index in [9.17, 15) is 26.4 Å². The van der Waals surface area contributed by atoms with Gasteiger partial charge in [-0.05, 0) is 24.6 Å². The molecule has 1 aliphatic rings. The first kappa shape index (κ1) is 16.6. The number of benzene rings is 1. The first-order chi connectivity index (χ1) is 10.1. The molecule has 0 aromatic heterocycles. The molecule has 0 spiro atoms.